The predicted octanol–water partition coefficient (Wildman–Crippen LogP) is 3.96. The molecule has 5 nitrogen and oxygen atoms in total. The Labute approximate surface area is 155 Å². The van der Waals surface area contributed by atoms with E-state index >= 15 is 0 Å². The fraction of sp³-hybridized carbons (Fsp3) is 0.200. The summed E-state index contributed by atoms with van der Waals surface area (Å²) in [6, 6.07) is 11.2. The number of carbonyl (C=O) groups excluding carboxylic acids is 1. The Hall–Kier alpha value is -2.86. The van der Waals surface area contributed by atoms with E-state index in [1.807, 2.05) is 23.6 Å². The molecule has 134 valence electrons. The van der Waals surface area contributed by atoms with Crippen molar-refractivity contribution in [3.8, 4) is 11.5 Å². The highest BCUT2D eigenvalue weighted by Crippen LogP contribution is 2.25. The number of aromatic nitrogens is 1. The number of carbonyl (C=O) groups is 1. The number of allylic oxidation sites excluding steroid dienone is 1. The van der Waals surface area contributed by atoms with Gasteiger partial charge in [0, 0.05) is 12.6 Å². The van der Waals surface area contributed by atoms with Crippen molar-refractivity contribution in [2.45, 2.75) is 13.5 Å². The molecule has 0 saturated heterocycles. The SMILES string of the molecule is C=CCn1c(=NC(=O)c2ccc(OC)cc2OC)sc2cc(C)ccc21. The molecule has 2 aromatic carbocycles. The van der Waals surface area contributed by atoms with Crippen molar-refractivity contribution in [2.75, 3.05) is 14.2 Å². The van der Waals surface area contributed by atoms with Gasteiger partial charge in [0.2, 0.25) is 0 Å². The summed E-state index contributed by atoms with van der Waals surface area (Å²) < 4.78 is 13.6. The molecule has 1 aromatic heterocycles. The second-order valence-corrected chi connectivity index (χ2v) is 6.75. The lowest BCUT2D eigenvalue weighted by atomic mass is 10.2. The van der Waals surface area contributed by atoms with Gasteiger partial charge in [0.25, 0.3) is 5.91 Å². The molecule has 1 amide bonds. The van der Waals surface area contributed by atoms with Gasteiger partial charge in [0.15, 0.2) is 4.80 Å². The minimum Gasteiger partial charge on any atom is -0.497 e. The smallest absolute Gasteiger partial charge is 0.283 e. The predicted molar refractivity (Wildman–Crippen MR) is 104 cm³/mol. The van der Waals surface area contributed by atoms with E-state index in [4.69, 9.17) is 9.47 Å². The number of benzene rings is 2. The highest BCUT2D eigenvalue weighted by atomic mass is 32.1. The van der Waals surface area contributed by atoms with E-state index < -0.39 is 0 Å². The molecule has 0 aliphatic carbocycles. The summed E-state index contributed by atoms with van der Waals surface area (Å²) in [5.74, 6) is 0.702. The summed E-state index contributed by atoms with van der Waals surface area (Å²) in [7, 11) is 3.09. The van der Waals surface area contributed by atoms with Crippen LogP contribution in [0.5, 0.6) is 11.5 Å². The quantitative estimate of drug-likeness (QED) is 0.641. The average molecular weight is 368 g/mol. The Morgan fingerprint density at radius 2 is 2.04 bits per heavy atom. The first-order chi connectivity index (χ1) is 12.6. The van der Waals surface area contributed by atoms with Gasteiger partial charge >= 0.3 is 0 Å². The maximum absolute atomic E-state index is 12.8. The molecule has 0 bridgehead atoms. The maximum atomic E-state index is 12.8. The summed E-state index contributed by atoms with van der Waals surface area (Å²) in [5.41, 5.74) is 2.60. The molecule has 0 unspecified atom stereocenters. The monoisotopic (exact) mass is 368 g/mol. The molecule has 0 fully saturated rings. The normalized spacial score (nSPS) is 11.6. The van der Waals surface area contributed by atoms with Crippen LogP contribution in [0, 0.1) is 6.92 Å². The zero-order chi connectivity index (χ0) is 18.7. The van der Waals surface area contributed by atoms with Gasteiger partial charge in [-0.25, -0.2) is 0 Å². The van der Waals surface area contributed by atoms with Crippen LogP contribution in [0.1, 0.15) is 15.9 Å². The van der Waals surface area contributed by atoms with E-state index in [9.17, 15) is 4.79 Å². The third kappa shape index (κ3) is 3.41. The standard InChI is InChI=1S/C20H20N2O3S/c1-5-10-22-16-9-6-13(2)11-18(16)26-20(22)21-19(23)15-8-7-14(24-3)12-17(15)25-4/h5-9,11-12H,1,10H2,2-4H3. The van der Waals surface area contributed by atoms with Crippen LogP contribution in [0.15, 0.2) is 54.0 Å². The molecule has 3 aromatic rings. The van der Waals surface area contributed by atoms with Gasteiger partial charge in [-0.3, -0.25) is 4.79 Å². The van der Waals surface area contributed by atoms with Crippen molar-refractivity contribution in [1.29, 1.82) is 0 Å². The average Bonchev–Trinajstić information content (AvgIpc) is 2.97. The molecule has 0 aliphatic rings. The zero-order valence-corrected chi connectivity index (χ0v) is 15.8. The van der Waals surface area contributed by atoms with Gasteiger partial charge < -0.3 is 14.0 Å². The second kappa shape index (κ2) is 7.58. The van der Waals surface area contributed by atoms with E-state index in [1.54, 1.807) is 31.4 Å². The van der Waals surface area contributed by atoms with Gasteiger partial charge in [-0.05, 0) is 36.8 Å². The van der Waals surface area contributed by atoms with Crippen LogP contribution in [0.25, 0.3) is 10.2 Å². The fourth-order valence-corrected chi connectivity index (χ4v) is 3.83. The first-order valence-corrected chi connectivity index (χ1v) is 8.91. The topological polar surface area (TPSA) is 52.8 Å². The van der Waals surface area contributed by atoms with E-state index in [-0.39, 0.29) is 5.91 Å². The van der Waals surface area contributed by atoms with Gasteiger partial charge in [-0.1, -0.05) is 23.5 Å². The van der Waals surface area contributed by atoms with Gasteiger partial charge in [-0.2, -0.15) is 4.99 Å². The van der Waals surface area contributed by atoms with Crippen molar-refractivity contribution in [3.63, 3.8) is 0 Å². The summed E-state index contributed by atoms with van der Waals surface area (Å²) in [6.07, 6.45) is 1.80. The Morgan fingerprint density at radius 1 is 1.23 bits per heavy atom. The Kier molecular flexibility index (Phi) is 5.23. The number of fused-ring (bicyclic) bond motifs is 1. The van der Waals surface area contributed by atoms with E-state index in [1.165, 1.54) is 24.0 Å². The summed E-state index contributed by atoms with van der Waals surface area (Å²) in [4.78, 5) is 17.8. The van der Waals surface area contributed by atoms with Gasteiger partial charge in [0.05, 0.1) is 30.0 Å². The molecule has 3 rings (SSSR count). The van der Waals surface area contributed by atoms with Gasteiger partial charge in [0.1, 0.15) is 11.5 Å². The number of hydrogen-bond acceptors (Lipinski definition) is 4. The Balaban J connectivity index is 2.13. The number of nitrogens with zero attached hydrogens (tertiary/aromatic N) is 2. The number of aryl methyl sites for hydroxylation is 1. The summed E-state index contributed by atoms with van der Waals surface area (Å²) in [5, 5.41) is 0. The molecule has 0 radical (unpaired) electrons. The zero-order valence-electron chi connectivity index (χ0n) is 15.0. The van der Waals surface area contributed by atoms with Crippen LogP contribution in [-0.4, -0.2) is 24.7 Å². The molecule has 6 heteroatoms. The number of hydrogen-bond donors (Lipinski definition) is 0. The molecular formula is C20H20N2O3S. The van der Waals surface area contributed by atoms with Crippen molar-refractivity contribution in [2.24, 2.45) is 4.99 Å². The van der Waals surface area contributed by atoms with Gasteiger partial charge in [-0.15, -0.1) is 6.58 Å². The van der Waals surface area contributed by atoms with E-state index in [0.29, 0.717) is 28.4 Å². The van der Waals surface area contributed by atoms with Crippen LogP contribution in [0.3, 0.4) is 0 Å². The van der Waals surface area contributed by atoms with Crippen LogP contribution in [0.2, 0.25) is 0 Å². The van der Waals surface area contributed by atoms with E-state index in [2.05, 4.69) is 17.6 Å². The van der Waals surface area contributed by atoms with Crippen LogP contribution >= 0.6 is 11.3 Å². The van der Waals surface area contributed by atoms with Crippen LogP contribution in [-0.2, 0) is 6.54 Å². The molecule has 1 heterocycles. The molecule has 26 heavy (non-hydrogen) atoms. The highest BCUT2D eigenvalue weighted by molar-refractivity contribution is 7.16. The molecule has 0 aliphatic heterocycles. The summed E-state index contributed by atoms with van der Waals surface area (Å²) in [6.45, 7) is 6.43. The lowest BCUT2D eigenvalue weighted by Crippen LogP contribution is -2.16. The Bertz CT molecular complexity index is 1050. The molecule has 0 N–H and O–H groups in total. The van der Waals surface area contributed by atoms with Crippen molar-refractivity contribution < 1.29 is 14.3 Å². The lowest BCUT2D eigenvalue weighted by molar-refractivity contribution is 0.0995. The largest absolute Gasteiger partial charge is 0.497 e. The fourth-order valence-electron chi connectivity index (χ4n) is 2.69. The number of rotatable bonds is 5. The molecule has 0 saturated carbocycles. The van der Waals surface area contributed by atoms with Crippen LogP contribution in [0.4, 0.5) is 0 Å². The van der Waals surface area contributed by atoms with Crippen LogP contribution < -0.4 is 14.3 Å². The highest BCUT2D eigenvalue weighted by Gasteiger charge is 2.14. The Morgan fingerprint density at radius 3 is 2.73 bits per heavy atom. The van der Waals surface area contributed by atoms with Crippen molar-refractivity contribution >= 4 is 27.5 Å². The van der Waals surface area contributed by atoms with Crippen molar-refractivity contribution in [1.82, 2.24) is 4.57 Å². The first kappa shape index (κ1) is 17.9. The van der Waals surface area contributed by atoms with E-state index in [0.717, 1.165) is 10.2 Å². The number of ether oxygens (including phenoxy) is 2. The number of amides is 1. The molecule has 0 spiro atoms. The lowest BCUT2D eigenvalue weighted by Gasteiger charge is -2.07. The van der Waals surface area contributed by atoms with Crippen molar-refractivity contribution in [3.05, 3.63) is 65.0 Å². The maximum Gasteiger partial charge on any atom is 0.283 e. The molecule has 0 atom stereocenters. The number of methoxy groups -OCH3 is 2. The third-order valence-corrected chi connectivity index (χ3v) is 5.03. The third-order valence-electron chi connectivity index (χ3n) is 3.99. The second-order valence-electron chi connectivity index (χ2n) is 5.74. The minimum atomic E-state index is -0.356. The minimum absolute atomic E-state index is 0.356. The number of thiazole rings is 1. The summed E-state index contributed by atoms with van der Waals surface area (Å²) >= 11 is 1.48. The first-order valence-electron chi connectivity index (χ1n) is 8.09. The molecular weight excluding hydrogens is 348 g/mol.